The van der Waals surface area contributed by atoms with Gasteiger partial charge in [0.25, 0.3) is 0 Å². The van der Waals surface area contributed by atoms with E-state index in [1.165, 1.54) is 26.2 Å². The van der Waals surface area contributed by atoms with Crippen LogP contribution in [0.3, 0.4) is 0 Å². The standard InChI is InChI=1S/C11H18N2O2.C9H12ClNO2.C9H13NO3.C8H11NO3.ClH/c1-7(12(3)4)9-6-13(5)8(2)10(14)11(9)15;1-5(10)7-4-11(3)6(2)8(12)9(7)13;1-5-8(12)9(13)7(6(2)11)4-10(5)3;1-4-7(11)8(12)6(3-9-4)5(2)10;/h6-7,14H,1-5H3;4-5,12H,1-3H3;4,6,11-12H,1-3H3;3,5,10-11H,1-2H3,(H,9,12);1H. The fraction of sp³-hybridized carbons (Fsp3) is 0.459. The number of aliphatic hydroxyl groups excluding tert-OH is 2. The second-order valence-electron chi connectivity index (χ2n) is 13.0. The number of aromatic hydroxyl groups is 4. The van der Waals surface area contributed by atoms with Crippen molar-refractivity contribution >= 4 is 24.0 Å². The molecule has 0 radical (unpaired) electrons. The summed E-state index contributed by atoms with van der Waals surface area (Å²) in [6, 6.07) is -0.00444. The molecule has 0 aliphatic heterocycles. The van der Waals surface area contributed by atoms with Crippen LogP contribution in [0, 0.1) is 27.7 Å². The van der Waals surface area contributed by atoms with Gasteiger partial charge in [-0.25, -0.2) is 0 Å². The van der Waals surface area contributed by atoms with E-state index in [0.29, 0.717) is 33.9 Å². The Balaban J connectivity index is 0.000000691. The summed E-state index contributed by atoms with van der Waals surface area (Å²) in [7, 11) is 9.10. The van der Waals surface area contributed by atoms with Crippen LogP contribution in [0.5, 0.6) is 23.0 Å². The second-order valence-corrected chi connectivity index (χ2v) is 13.7. The predicted octanol–water partition coefficient (Wildman–Crippen LogP) is 4.04. The van der Waals surface area contributed by atoms with E-state index in [1.807, 2.05) is 33.0 Å². The highest BCUT2D eigenvalue weighted by molar-refractivity contribution is 6.20. The Morgan fingerprint density at radius 3 is 1.26 bits per heavy atom. The van der Waals surface area contributed by atoms with Crippen molar-refractivity contribution in [2.45, 2.75) is 79.0 Å². The van der Waals surface area contributed by atoms with E-state index in [4.69, 9.17) is 16.7 Å². The molecular formula is C37H55Cl2N5O10. The largest absolute Gasteiger partial charge is 0.503 e. The number of aromatic nitrogens is 4. The second kappa shape index (κ2) is 20.8. The quantitative estimate of drug-likeness (QED) is 0.143. The molecule has 0 saturated carbocycles. The van der Waals surface area contributed by atoms with Crippen molar-refractivity contribution in [1.29, 1.82) is 0 Å². The maximum absolute atomic E-state index is 11.8. The molecule has 4 atom stereocenters. The van der Waals surface area contributed by atoms with E-state index in [2.05, 4.69) is 4.98 Å². The zero-order valence-electron chi connectivity index (χ0n) is 33.0. The van der Waals surface area contributed by atoms with Crippen molar-refractivity contribution in [3.8, 4) is 23.0 Å². The van der Waals surface area contributed by atoms with Crippen molar-refractivity contribution in [2.75, 3.05) is 14.1 Å². The molecule has 0 fully saturated rings. The molecule has 0 bridgehead atoms. The van der Waals surface area contributed by atoms with Gasteiger partial charge in [0.2, 0.25) is 21.7 Å². The molecule has 4 aromatic heterocycles. The normalized spacial score (nSPS) is 12.8. The van der Waals surface area contributed by atoms with E-state index in [9.17, 15) is 44.7 Å². The summed E-state index contributed by atoms with van der Waals surface area (Å²) in [5, 5.41) is 55.5. The lowest BCUT2D eigenvalue weighted by Gasteiger charge is -2.21. The summed E-state index contributed by atoms with van der Waals surface area (Å²) in [5.41, 5.74) is 1.82. The van der Waals surface area contributed by atoms with Gasteiger partial charge in [-0.05, 0) is 69.5 Å². The SMILES string of the molecule is Cc1[nH]cc(C(C)O)c(=O)c1O.Cc1c(O)c(=O)c(C(C)Cl)cn1C.Cc1c(O)c(=O)c(C(C)N(C)C)cn1C.Cc1c(O)c(=O)c(C(C)O)cn1C.Cl. The molecule has 0 aliphatic carbocycles. The first-order valence-electron chi connectivity index (χ1n) is 16.5. The van der Waals surface area contributed by atoms with Gasteiger partial charge in [-0.2, -0.15) is 0 Å². The fourth-order valence-corrected chi connectivity index (χ4v) is 4.75. The van der Waals surface area contributed by atoms with Gasteiger partial charge in [0, 0.05) is 74.2 Å². The smallest absolute Gasteiger partial charge is 0.229 e. The number of halogens is 2. The molecule has 4 unspecified atom stereocenters. The topological polar surface area (TPSA) is 223 Å². The van der Waals surface area contributed by atoms with Crippen molar-refractivity contribution < 1.29 is 30.6 Å². The fourth-order valence-electron chi connectivity index (χ4n) is 4.59. The molecule has 4 aromatic rings. The minimum Gasteiger partial charge on any atom is -0.503 e. The van der Waals surface area contributed by atoms with Crippen LogP contribution in [0.1, 0.15) is 96.4 Å². The van der Waals surface area contributed by atoms with Gasteiger partial charge in [0.1, 0.15) is 0 Å². The van der Waals surface area contributed by atoms with E-state index < -0.39 is 23.1 Å². The zero-order chi connectivity index (χ0) is 41.4. The van der Waals surface area contributed by atoms with Gasteiger partial charge in [-0.15, -0.1) is 24.0 Å². The number of alkyl halides is 1. The maximum Gasteiger partial charge on any atom is 0.229 e. The molecule has 0 saturated heterocycles. The van der Waals surface area contributed by atoms with E-state index in [1.54, 1.807) is 74.8 Å². The van der Waals surface area contributed by atoms with Crippen LogP contribution in [0.15, 0.2) is 44.0 Å². The third kappa shape index (κ3) is 12.0. The Labute approximate surface area is 325 Å². The van der Waals surface area contributed by atoms with Crippen molar-refractivity contribution in [3.05, 3.63) is 111 Å². The summed E-state index contributed by atoms with van der Waals surface area (Å²) < 4.78 is 5.07. The Morgan fingerprint density at radius 2 is 0.907 bits per heavy atom. The summed E-state index contributed by atoms with van der Waals surface area (Å²) in [4.78, 5) is 50.4. The monoisotopic (exact) mass is 799 g/mol. The Morgan fingerprint density at radius 1 is 0.593 bits per heavy atom. The highest BCUT2D eigenvalue weighted by Crippen LogP contribution is 2.20. The molecule has 302 valence electrons. The highest BCUT2D eigenvalue weighted by Gasteiger charge is 2.17. The van der Waals surface area contributed by atoms with E-state index in [-0.39, 0.29) is 68.8 Å². The van der Waals surface area contributed by atoms with E-state index in [0.717, 1.165) is 0 Å². The van der Waals surface area contributed by atoms with Crippen LogP contribution in [0.25, 0.3) is 0 Å². The Hall–Kier alpha value is -4.54. The third-order valence-corrected chi connectivity index (χ3v) is 9.11. The van der Waals surface area contributed by atoms with Gasteiger partial charge in [0.15, 0.2) is 23.0 Å². The van der Waals surface area contributed by atoms with Gasteiger partial charge in [-0.1, -0.05) is 0 Å². The molecule has 7 N–H and O–H groups in total. The Bertz CT molecular complexity index is 2060. The number of rotatable bonds is 5. The number of hydrogen-bond acceptors (Lipinski definition) is 11. The van der Waals surface area contributed by atoms with Gasteiger partial charge in [-0.3, -0.25) is 19.2 Å². The molecule has 4 rings (SSSR count). The van der Waals surface area contributed by atoms with Crippen LogP contribution in [-0.4, -0.2) is 68.3 Å². The molecule has 0 spiro atoms. The summed E-state index contributed by atoms with van der Waals surface area (Å²) >= 11 is 5.78. The van der Waals surface area contributed by atoms with Crippen LogP contribution < -0.4 is 21.7 Å². The molecule has 17 heteroatoms. The van der Waals surface area contributed by atoms with Gasteiger partial charge < -0.3 is 54.2 Å². The average molecular weight is 801 g/mol. The molecule has 15 nitrogen and oxygen atoms in total. The number of aliphatic hydroxyl groups is 2. The lowest BCUT2D eigenvalue weighted by Crippen LogP contribution is -2.25. The number of aromatic amines is 1. The number of aryl methyl sites for hydroxylation is 4. The van der Waals surface area contributed by atoms with Crippen molar-refractivity contribution in [3.63, 3.8) is 0 Å². The Kier molecular flexibility index (Phi) is 19.0. The first-order chi connectivity index (χ1) is 24.3. The molecule has 0 aromatic carbocycles. The van der Waals surface area contributed by atoms with Crippen LogP contribution in [-0.2, 0) is 21.1 Å². The molecule has 54 heavy (non-hydrogen) atoms. The number of nitrogens with zero attached hydrogens (tertiary/aromatic N) is 4. The summed E-state index contributed by atoms with van der Waals surface area (Å²) in [6.45, 7) is 13.2. The lowest BCUT2D eigenvalue weighted by molar-refractivity contribution is 0.196. The number of nitrogens with one attached hydrogen (secondary N) is 1. The number of pyridine rings is 4. The first-order valence-corrected chi connectivity index (χ1v) is 17.0. The molecule has 0 aliphatic rings. The van der Waals surface area contributed by atoms with Gasteiger partial charge in [0.05, 0.1) is 40.4 Å². The third-order valence-electron chi connectivity index (χ3n) is 8.88. The number of hydrogen-bond donors (Lipinski definition) is 7. The minimum atomic E-state index is -0.861. The van der Waals surface area contributed by atoms with Crippen LogP contribution >= 0.6 is 24.0 Å². The minimum absolute atomic E-state index is 0. The average Bonchev–Trinajstić information content (AvgIpc) is 3.09. The zero-order valence-corrected chi connectivity index (χ0v) is 34.6. The molecule has 4 heterocycles. The van der Waals surface area contributed by atoms with Crippen molar-refractivity contribution in [2.24, 2.45) is 21.1 Å². The summed E-state index contributed by atoms with van der Waals surface area (Å²) in [6.07, 6.45) is 4.65. The summed E-state index contributed by atoms with van der Waals surface area (Å²) in [5.74, 6) is -0.981. The molecule has 0 amide bonds. The highest BCUT2D eigenvalue weighted by atomic mass is 35.5. The van der Waals surface area contributed by atoms with Crippen molar-refractivity contribution in [1.82, 2.24) is 23.6 Å². The van der Waals surface area contributed by atoms with Crippen LogP contribution in [0.2, 0.25) is 0 Å². The maximum atomic E-state index is 11.8. The van der Waals surface area contributed by atoms with Gasteiger partial charge >= 0.3 is 0 Å². The first kappa shape index (κ1) is 49.5. The lowest BCUT2D eigenvalue weighted by atomic mass is 10.1. The predicted molar refractivity (Wildman–Crippen MR) is 213 cm³/mol. The molecular weight excluding hydrogens is 745 g/mol. The van der Waals surface area contributed by atoms with Crippen LogP contribution in [0.4, 0.5) is 0 Å². The van der Waals surface area contributed by atoms with E-state index >= 15 is 0 Å². The number of H-pyrrole nitrogens is 1.